The summed E-state index contributed by atoms with van der Waals surface area (Å²) in [5, 5.41) is 10.9. The van der Waals surface area contributed by atoms with Crippen molar-refractivity contribution in [3.05, 3.63) is 42.1 Å². The van der Waals surface area contributed by atoms with Gasteiger partial charge in [0.1, 0.15) is 0 Å². The first kappa shape index (κ1) is 21.0. The second kappa shape index (κ2) is 10.7. The van der Waals surface area contributed by atoms with Gasteiger partial charge in [-0.2, -0.15) is 0 Å². The Morgan fingerprint density at radius 2 is 2.03 bits per heavy atom. The lowest BCUT2D eigenvalue weighted by Gasteiger charge is -2.31. The molecule has 0 spiro atoms. The second-order valence-corrected chi connectivity index (χ2v) is 8.27. The lowest BCUT2D eigenvalue weighted by Crippen LogP contribution is -2.43. The van der Waals surface area contributed by atoms with E-state index < -0.39 is 0 Å². The van der Waals surface area contributed by atoms with Crippen LogP contribution in [-0.4, -0.2) is 68.4 Å². The number of carbonyl (C=O) groups is 1. The summed E-state index contributed by atoms with van der Waals surface area (Å²) < 4.78 is 10.9. The van der Waals surface area contributed by atoms with Gasteiger partial charge in [-0.15, -0.1) is 0 Å². The van der Waals surface area contributed by atoms with Crippen LogP contribution in [0.3, 0.4) is 0 Å². The molecule has 2 aliphatic rings. The molecule has 1 aromatic carbocycles. The smallest absolute Gasteiger partial charge is 0.220 e. The van der Waals surface area contributed by atoms with Crippen molar-refractivity contribution in [2.24, 2.45) is 11.8 Å². The SMILES string of the molecule is O=C(C[C@@H]1CCNC[C@H]1Cc1cc(-c2ccccc2)on1)NCCN1CCOCC1. The molecule has 2 saturated heterocycles. The van der Waals surface area contributed by atoms with Crippen molar-refractivity contribution in [2.45, 2.75) is 19.3 Å². The van der Waals surface area contributed by atoms with Gasteiger partial charge in [0.2, 0.25) is 5.91 Å². The van der Waals surface area contributed by atoms with Gasteiger partial charge in [-0.05, 0) is 37.8 Å². The summed E-state index contributed by atoms with van der Waals surface area (Å²) in [6.45, 7) is 6.97. The summed E-state index contributed by atoms with van der Waals surface area (Å²) in [4.78, 5) is 14.9. The van der Waals surface area contributed by atoms with Gasteiger partial charge < -0.3 is 19.9 Å². The summed E-state index contributed by atoms with van der Waals surface area (Å²) in [5.41, 5.74) is 1.99. The van der Waals surface area contributed by atoms with E-state index in [4.69, 9.17) is 9.26 Å². The Labute approximate surface area is 178 Å². The molecule has 0 unspecified atom stereocenters. The normalized spacial score (nSPS) is 22.7. The monoisotopic (exact) mass is 412 g/mol. The third kappa shape index (κ3) is 5.90. The molecular weight excluding hydrogens is 380 g/mol. The number of piperidine rings is 1. The molecule has 1 amide bonds. The molecule has 3 heterocycles. The van der Waals surface area contributed by atoms with Crippen LogP contribution in [0, 0.1) is 11.8 Å². The van der Waals surface area contributed by atoms with E-state index >= 15 is 0 Å². The summed E-state index contributed by atoms with van der Waals surface area (Å²) in [6.07, 6.45) is 2.43. The Bertz CT molecular complexity index is 789. The molecule has 0 bridgehead atoms. The van der Waals surface area contributed by atoms with Crippen LogP contribution in [0.4, 0.5) is 0 Å². The fourth-order valence-electron chi connectivity index (χ4n) is 4.39. The highest BCUT2D eigenvalue weighted by Gasteiger charge is 2.28. The molecule has 7 nitrogen and oxygen atoms in total. The number of nitrogens with one attached hydrogen (secondary N) is 2. The Morgan fingerprint density at radius 3 is 2.87 bits per heavy atom. The van der Waals surface area contributed by atoms with Crippen LogP contribution in [0.2, 0.25) is 0 Å². The third-order valence-corrected chi connectivity index (χ3v) is 6.16. The minimum Gasteiger partial charge on any atom is -0.379 e. The highest BCUT2D eigenvalue weighted by molar-refractivity contribution is 5.76. The Hall–Kier alpha value is -2.22. The second-order valence-electron chi connectivity index (χ2n) is 8.27. The zero-order valence-electron chi connectivity index (χ0n) is 17.5. The van der Waals surface area contributed by atoms with Crippen LogP contribution in [0.25, 0.3) is 11.3 Å². The minimum atomic E-state index is 0.158. The molecule has 4 rings (SSSR count). The van der Waals surface area contributed by atoms with Gasteiger partial charge in [-0.1, -0.05) is 35.5 Å². The van der Waals surface area contributed by atoms with E-state index in [0.29, 0.717) is 24.8 Å². The number of nitrogens with zero attached hydrogens (tertiary/aromatic N) is 2. The van der Waals surface area contributed by atoms with Crippen molar-refractivity contribution in [3.63, 3.8) is 0 Å². The van der Waals surface area contributed by atoms with E-state index in [1.165, 1.54) is 0 Å². The molecule has 0 saturated carbocycles. The number of ether oxygens (including phenoxy) is 1. The van der Waals surface area contributed by atoms with Crippen molar-refractivity contribution in [3.8, 4) is 11.3 Å². The van der Waals surface area contributed by atoms with Crippen molar-refractivity contribution in [2.75, 3.05) is 52.5 Å². The largest absolute Gasteiger partial charge is 0.379 e. The maximum atomic E-state index is 12.5. The van der Waals surface area contributed by atoms with Crippen molar-refractivity contribution in [1.29, 1.82) is 0 Å². The van der Waals surface area contributed by atoms with Gasteiger partial charge in [0.15, 0.2) is 5.76 Å². The van der Waals surface area contributed by atoms with E-state index in [9.17, 15) is 4.79 Å². The number of hydrogen-bond donors (Lipinski definition) is 2. The fraction of sp³-hybridized carbons (Fsp3) is 0.565. The zero-order chi connectivity index (χ0) is 20.6. The molecule has 0 aliphatic carbocycles. The van der Waals surface area contributed by atoms with Gasteiger partial charge in [-0.3, -0.25) is 9.69 Å². The van der Waals surface area contributed by atoms with E-state index in [2.05, 4.69) is 20.7 Å². The van der Waals surface area contributed by atoms with Crippen LogP contribution in [0.15, 0.2) is 40.9 Å². The van der Waals surface area contributed by atoms with E-state index in [1.807, 2.05) is 36.4 Å². The highest BCUT2D eigenvalue weighted by atomic mass is 16.5. The first-order valence-corrected chi connectivity index (χ1v) is 11.1. The molecule has 30 heavy (non-hydrogen) atoms. The predicted octanol–water partition coefficient (Wildman–Crippen LogP) is 1.95. The molecule has 2 N–H and O–H groups in total. The molecule has 1 aromatic heterocycles. The van der Waals surface area contributed by atoms with E-state index in [1.54, 1.807) is 0 Å². The topological polar surface area (TPSA) is 79.6 Å². The van der Waals surface area contributed by atoms with Crippen molar-refractivity contribution >= 4 is 5.91 Å². The van der Waals surface area contributed by atoms with Gasteiger partial charge in [0.25, 0.3) is 0 Å². The Kier molecular flexibility index (Phi) is 7.50. The van der Waals surface area contributed by atoms with E-state index in [-0.39, 0.29) is 5.91 Å². The van der Waals surface area contributed by atoms with Crippen molar-refractivity contribution < 1.29 is 14.1 Å². The average molecular weight is 413 g/mol. The lowest BCUT2D eigenvalue weighted by atomic mass is 9.81. The molecule has 162 valence electrons. The minimum absolute atomic E-state index is 0.158. The number of rotatable bonds is 8. The number of aromatic nitrogens is 1. The number of morpholine rings is 1. The van der Waals surface area contributed by atoms with Crippen LogP contribution < -0.4 is 10.6 Å². The van der Waals surface area contributed by atoms with Crippen molar-refractivity contribution in [1.82, 2.24) is 20.7 Å². The Balaban J connectivity index is 1.26. The third-order valence-electron chi connectivity index (χ3n) is 6.16. The molecule has 7 heteroatoms. The molecule has 2 fully saturated rings. The quantitative estimate of drug-likeness (QED) is 0.690. The van der Waals surface area contributed by atoms with Crippen LogP contribution in [0.1, 0.15) is 18.5 Å². The zero-order valence-corrected chi connectivity index (χ0v) is 17.5. The summed E-state index contributed by atoms with van der Waals surface area (Å²) in [6, 6.07) is 12.1. The molecule has 0 radical (unpaired) electrons. The maximum absolute atomic E-state index is 12.5. The van der Waals surface area contributed by atoms with E-state index in [0.717, 1.165) is 75.8 Å². The number of hydrogen-bond acceptors (Lipinski definition) is 6. The molecule has 2 atom stereocenters. The molecular formula is C23H32N4O3. The van der Waals surface area contributed by atoms with Gasteiger partial charge in [0, 0.05) is 44.2 Å². The lowest BCUT2D eigenvalue weighted by molar-refractivity contribution is -0.122. The van der Waals surface area contributed by atoms with Crippen LogP contribution in [-0.2, 0) is 16.0 Å². The Morgan fingerprint density at radius 1 is 1.20 bits per heavy atom. The number of benzene rings is 1. The van der Waals surface area contributed by atoms with Gasteiger partial charge in [0.05, 0.1) is 18.9 Å². The highest BCUT2D eigenvalue weighted by Crippen LogP contribution is 2.28. The average Bonchev–Trinajstić information content (AvgIpc) is 3.25. The first-order chi connectivity index (χ1) is 14.8. The van der Waals surface area contributed by atoms with Gasteiger partial charge >= 0.3 is 0 Å². The number of carbonyl (C=O) groups excluding carboxylic acids is 1. The molecule has 2 aliphatic heterocycles. The van der Waals surface area contributed by atoms with Gasteiger partial charge in [-0.25, -0.2) is 0 Å². The predicted molar refractivity (Wildman–Crippen MR) is 115 cm³/mol. The fourth-order valence-corrected chi connectivity index (χ4v) is 4.39. The van der Waals surface area contributed by atoms with Crippen LogP contribution in [0.5, 0.6) is 0 Å². The first-order valence-electron chi connectivity index (χ1n) is 11.1. The summed E-state index contributed by atoms with van der Waals surface area (Å²) in [5.74, 6) is 1.71. The molecule has 2 aromatic rings. The standard InChI is InChI=1S/C23H32N4O3/c28-23(25-8-9-27-10-12-29-13-11-27)15-19-6-7-24-17-20(19)14-21-16-22(30-26-21)18-4-2-1-3-5-18/h1-5,16,19-20,24H,6-15,17H2,(H,25,28)/t19-,20+/m0/s1. The van der Waals surface area contributed by atoms with Crippen LogP contribution >= 0.6 is 0 Å². The maximum Gasteiger partial charge on any atom is 0.220 e. The summed E-state index contributed by atoms with van der Waals surface area (Å²) in [7, 11) is 0. The number of amides is 1. The summed E-state index contributed by atoms with van der Waals surface area (Å²) >= 11 is 0.